The highest BCUT2D eigenvalue weighted by molar-refractivity contribution is 7.21. The molecule has 0 aliphatic heterocycles. The number of rotatable bonds is 6. The van der Waals surface area contributed by atoms with Gasteiger partial charge in [-0.2, -0.15) is 0 Å². The molecule has 0 amide bonds. The van der Waals surface area contributed by atoms with Crippen LogP contribution in [0, 0.1) is 21.7 Å². The number of carbonyl (C=O) groups excluding carboxylic acids is 1. The smallest absolute Gasteiger partial charge is 0.186 e. The summed E-state index contributed by atoms with van der Waals surface area (Å²) in [5.41, 5.74) is 9.22. The largest absolute Gasteiger partial charge is 0.289 e. The first kappa shape index (κ1) is 46.4. The van der Waals surface area contributed by atoms with Crippen LogP contribution in [0.15, 0.2) is 118 Å². The fourth-order valence-corrected chi connectivity index (χ4v) is 10.8. The van der Waals surface area contributed by atoms with Gasteiger partial charge in [-0.1, -0.05) is 189 Å². The summed E-state index contributed by atoms with van der Waals surface area (Å²) in [6.07, 6.45) is 8.83. The minimum Gasteiger partial charge on any atom is -0.289 e. The summed E-state index contributed by atoms with van der Waals surface area (Å²) in [6.45, 7) is 30.5. The maximum absolute atomic E-state index is 14.2. The van der Waals surface area contributed by atoms with Crippen molar-refractivity contribution in [2.75, 3.05) is 0 Å². The van der Waals surface area contributed by atoms with Gasteiger partial charge in [0, 0.05) is 52.5 Å². The zero-order chi connectivity index (χ0) is 44.4. The standard InChI is InChI=1S/C53H56Cl4OS2/c1-29(50(3,4)5)23-33(24-30(2)51(6,7)8)43(48-45(56)37-21-19-35(54)27-41(37)59-48)31-15-17-32(18-16-31)44(49-46(57)38-22-20-36(55)28-42(38)60-49)34-25-39(52(9,10)11)47(58)40(26-34)53(12,13)14/h15-28H,1-14H3/b29-23+,30-24+. The molecule has 0 saturated carbocycles. The highest BCUT2D eigenvalue weighted by Gasteiger charge is 2.35. The number of hydrogen-bond acceptors (Lipinski definition) is 3. The number of halogens is 4. The van der Waals surface area contributed by atoms with E-state index in [1.807, 2.05) is 36.4 Å². The predicted molar refractivity (Wildman–Crippen MR) is 269 cm³/mol. The van der Waals surface area contributed by atoms with E-state index >= 15 is 0 Å². The van der Waals surface area contributed by atoms with Crippen molar-refractivity contribution in [2.24, 2.45) is 21.7 Å². The minimum atomic E-state index is -0.388. The summed E-state index contributed by atoms with van der Waals surface area (Å²) in [5, 5.41) is 4.62. The lowest BCUT2D eigenvalue weighted by Gasteiger charge is -2.32. The Morgan fingerprint density at radius 3 is 1.37 bits per heavy atom. The van der Waals surface area contributed by atoms with E-state index in [2.05, 4.69) is 146 Å². The SMILES string of the molecule is C/C(=C\C(/C=C(\C)C(C)(C)C)=C(c1ccc(C(=C2C=C(C(C)(C)C)C(=O)C(C(C)(C)C)=C2)c2sc3cc(Cl)ccc3c2Cl)cc1)c1sc2cc(Cl)ccc2c1Cl)C(C)(C)C. The summed E-state index contributed by atoms with van der Waals surface area (Å²) in [6, 6.07) is 20.5. The van der Waals surface area contributed by atoms with Crippen LogP contribution in [0.25, 0.3) is 31.3 Å². The first-order valence-corrected chi connectivity index (χ1v) is 23.5. The van der Waals surface area contributed by atoms with Crippen LogP contribution in [0.4, 0.5) is 0 Å². The molecule has 0 atom stereocenters. The molecule has 1 aliphatic rings. The van der Waals surface area contributed by atoms with Crippen LogP contribution >= 0.6 is 69.1 Å². The van der Waals surface area contributed by atoms with Gasteiger partial charge in [-0.25, -0.2) is 0 Å². The van der Waals surface area contributed by atoms with Gasteiger partial charge in [0.2, 0.25) is 0 Å². The molecule has 0 spiro atoms. The second kappa shape index (κ2) is 16.9. The Labute approximate surface area is 386 Å². The molecule has 2 aromatic heterocycles. The second-order valence-corrected chi connectivity index (χ2v) is 23.8. The number of benzene rings is 3. The van der Waals surface area contributed by atoms with Gasteiger partial charge in [0.1, 0.15) is 0 Å². The van der Waals surface area contributed by atoms with Gasteiger partial charge in [0.05, 0.1) is 19.8 Å². The van der Waals surface area contributed by atoms with E-state index in [0.29, 0.717) is 20.1 Å². The Balaban J connectivity index is 1.73. The highest BCUT2D eigenvalue weighted by atomic mass is 35.5. The van der Waals surface area contributed by atoms with Crippen molar-refractivity contribution in [3.05, 3.63) is 159 Å². The van der Waals surface area contributed by atoms with Crippen LogP contribution in [0.5, 0.6) is 0 Å². The van der Waals surface area contributed by atoms with Gasteiger partial charge in [-0.05, 0) is 94.2 Å². The Kier molecular flexibility index (Phi) is 13.0. The fraction of sp³-hybridized carbons (Fsp3) is 0.340. The average molecular weight is 915 g/mol. The van der Waals surface area contributed by atoms with Crippen molar-refractivity contribution < 1.29 is 4.79 Å². The molecule has 314 valence electrons. The van der Waals surface area contributed by atoms with Gasteiger partial charge < -0.3 is 0 Å². The van der Waals surface area contributed by atoms with Crippen molar-refractivity contribution in [3.8, 4) is 0 Å². The molecule has 7 heteroatoms. The molecule has 0 bridgehead atoms. The van der Waals surface area contributed by atoms with Gasteiger partial charge in [-0.15, -0.1) is 22.7 Å². The van der Waals surface area contributed by atoms with Gasteiger partial charge in [0.15, 0.2) is 5.78 Å². The number of fused-ring (bicyclic) bond motifs is 2. The molecule has 0 fully saturated rings. The molecule has 0 N–H and O–H groups in total. The third kappa shape index (κ3) is 9.58. The molecule has 3 aromatic carbocycles. The third-order valence-corrected chi connectivity index (χ3v) is 15.3. The Hall–Kier alpha value is -3.15. The Morgan fingerprint density at radius 2 is 0.950 bits per heavy atom. The quantitative estimate of drug-likeness (QED) is 0.155. The van der Waals surface area contributed by atoms with E-state index in [1.165, 1.54) is 11.1 Å². The van der Waals surface area contributed by atoms with Crippen LogP contribution in [-0.4, -0.2) is 5.78 Å². The average Bonchev–Trinajstić information content (AvgIpc) is 3.61. The normalized spacial score (nSPS) is 14.9. The van der Waals surface area contributed by atoms with E-state index in [4.69, 9.17) is 46.4 Å². The van der Waals surface area contributed by atoms with Crippen LogP contribution in [-0.2, 0) is 4.79 Å². The summed E-state index contributed by atoms with van der Waals surface area (Å²) in [4.78, 5) is 16.1. The minimum absolute atomic E-state index is 0.0593. The van der Waals surface area contributed by atoms with E-state index in [9.17, 15) is 4.79 Å². The predicted octanol–water partition coefficient (Wildman–Crippen LogP) is 18.8. The van der Waals surface area contributed by atoms with Crippen LogP contribution in [0.3, 0.4) is 0 Å². The molecule has 5 aromatic rings. The summed E-state index contributed by atoms with van der Waals surface area (Å²) in [7, 11) is 0. The van der Waals surface area contributed by atoms with Crippen molar-refractivity contribution in [1.82, 2.24) is 0 Å². The highest BCUT2D eigenvalue weighted by Crippen LogP contribution is 2.49. The van der Waals surface area contributed by atoms with Crippen LogP contribution < -0.4 is 0 Å². The zero-order valence-electron chi connectivity index (χ0n) is 37.3. The van der Waals surface area contributed by atoms with E-state index in [0.717, 1.165) is 74.5 Å². The molecule has 0 radical (unpaired) electrons. The lowest BCUT2D eigenvalue weighted by molar-refractivity contribution is -0.114. The number of Topliss-reactive ketones (excluding diaryl/α,β-unsaturated/α-hetero) is 1. The molecule has 0 saturated heterocycles. The molecular weight excluding hydrogens is 859 g/mol. The van der Waals surface area contributed by atoms with Crippen molar-refractivity contribution in [1.29, 1.82) is 0 Å². The maximum atomic E-state index is 14.2. The number of carbonyl (C=O) groups is 1. The van der Waals surface area contributed by atoms with Crippen molar-refractivity contribution >= 4 is 106 Å². The molecule has 1 aliphatic carbocycles. The summed E-state index contributed by atoms with van der Waals surface area (Å²) in [5.74, 6) is 0.0867. The lowest BCUT2D eigenvalue weighted by Crippen LogP contribution is -2.28. The molecule has 60 heavy (non-hydrogen) atoms. The van der Waals surface area contributed by atoms with E-state index in [1.54, 1.807) is 22.7 Å². The second-order valence-electron chi connectivity index (χ2n) is 20.1. The molecule has 0 unspecified atom stereocenters. The van der Waals surface area contributed by atoms with E-state index in [-0.39, 0.29) is 27.4 Å². The number of allylic oxidation sites excluding steroid dienone is 10. The van der Waals surface area contributed by atoms with E-state index < -0.39 is 0 Å². The fourth-order valence-electron chi connectivity index (χ4n) is 7.03. The van der Waals surface area contributed by atoms with Crippen LogP contribution in [0.1, 0.15) is 118 Å². The first-order chi connectivity index (χ1) is 27.7. The van der Waals surface area contributed by atoms with Crippen molar-refractivity contribution in [3.63, 3.8) is 0 Å². The zero-order valence-corrected chi connectivity index (χ0v) is 42.0. The third-order valence-electron chi connectivity index (χ3n) is 11.5. The maximum Gasteiger partial charge on any atom is 0.186 e. The molecule has 1 nitrogen and oxygen atoms in total. The Bertz CT molecular complexity index is 2660. The van der Waals surface area contributed by atoms with Gasteiger partial charge in [0.25, 0.3) is 0 Å². The topological polar surface area (TPSA) is 17.1 Å². The number of hydrogen-bond donors (Lipinski definition) is 0. The van der Waals surface area contributed by atoms with Crippen molar-refractivity contribution in [2.45, 2.75) is 96.9 Å². The number of ketones is 1. The Morgan fingerprint density at radius 1 is 0.550 bits per heavy atom. The lowest BCUT2D eigenvalue weighted by atomic mass is 9.71. The van der Waals surface area contributed by atoms with Gasteiger partial charge >= 0.3 is 0 Å². The van der Waals surface area contributed by atoms with Crippen LogP contribution in [0.2, 0.25) is 20.1 Å². The first-order valence-electron chi connectivity index (χ1n) is 20.4. The number of thiophene rings is 2. The summed E-state index contributed by atoms with van der Waals surface area (Å²) >= 11 is 31.1. The summed E-state index contributed by atoms with van der Waals surface area (Å²) < 4.78 is 2.03. The molecular formula is C53H56Cl4OS2. The molecule has 6 rings (SSSR count). The monoisotopic (exact) mass is 912 g/mol. The van der Waals surface area contributed by atoms with Gasteiger partial charge in [-0.3, -0.25) is 4.79 Å². The molecule has 2 heterocycles.